The highest BCUT2D eigenvalue weighted by Crippen LogP contribution is 2.24. The van der Waals surface area contributed by atoms with Crippen LogP contribution >= 0.6 is 0 Å². The van der Waals surface area contributed by atoms with Gasteiger partial charge in [0.25, 0.3) is 0 Å². The molecule has 0 aliphatic rings. The molecule has 0 amide bonds. The predicted octanol–water partition coefficient (Wildman–Crippen LogP) is 2.16. The monoisotopic (exact) mass is 273 g/mol. The molecule has 106 valence electrons. The number of aryl methyl sites for hydroxylation is 1. The highest BCUT2D eigenvalue weighted by atomic mass is 16.5. The number of nitrogens with two attached hydrogens (primary N) is 1. The van der Waals surface area contributed by atoms with Crippen LogP contribution in [0.1, 0.15) is 24.6 Å². The van der Waals surface area contributed by atoms with Gasteiger partial charge in [-0.3, -0.25) is 4.98 Å². The van der Waals surface area contributed by atoms with Gasteiger partial charge in [-0.25, -0.2) is 4.98 Å². The summed E-state index contributed by atoms with van der Waals surface area (Å²) in [5, 5.41) is 3.17. The van der Waals surface area contributed by atoms with Crippen LogP contribution in [-0.4, -0.2) is 21.6 Å². The number of nitrogens with zero attached hydrogens (tertiary/aromatic N) is 3. The summed E-state index contributed by atoms with van der Waals surface area (Å²) in [6, 6.07) is 3.98. The van der Waals surface area contributed by atoms with Gasteiger partial charge >= 0.3 is 0 Å². The molecule has 2 heterocycles. The van der Waals surface area contributed by atoms with Crippen molar-refractivity contribution in [1.29, 1.82) is 0 Å². The third-order valence-corrected chi connectivity index (χ3v) is 2.72. The van der Waals surface area contributed by atoms with E-state index in [1.807, 2.05) is 32.2 Å². The Morgan fingerprint density at radius 3 is 2.80 bits per heavy atom. The van der Waals surface area contributed by atoms with Crippen molar-refractivity contribution in [2.75, 3.05) is 17.7 Å². The maximum atomic E-state index is 5.98. The summed E-state index contributed by atoms with van der Waals surface area (Å²) in [6.45, 7) is 5.17. The summed E-state index contributed by atoms with van der Waals surface area (Å²) >= 11 is 0. The van der Waals surface area contributed by atoms with E-state index in [1.165, 1.54) is 6.33 Å². The second kappa shape index (κ2) is 6.70. The summed E-state index contributed by atoms with van der Waals surface area (Å²) in [5.74, 6) is 0.998. The molecular formula is C14H19N5O. The Balaban J connectivity index is 2.03. The van der Waals surface area contributed by atoms with E-state index in [2.05, 4.69) is 20.3 Å². The zero-order valence-electron chi connectivity index (χ0n) is 11.8. The first-order valence-corrected chi connectivity index (χ1v) is 6.59. The quantitative estimate of drug-likeness (QED) is 0.838. The molecule has 0 saturated heterocycles. The second-order valence-electron chi connectivity index (χ2n) is 4.45. The first-order chi connectivity index (χ1) is 9.70. The van der Waals surface area contributed by atoms with Crippen molar-refractivity contribution in [2.24, 2.45) is 0 Å². The number of nitrogen functional groups attached to an aromatic ring is 1. The maximum Gasteiger partial charge on any atom is 0.242 e. The molecule has 0 spiro atoms. The van der Waals surface area contributed by atoms with E-state index >= 15 is 0 Å². The highest BCUT2D eigenvalue weighted by Gasteiger charge is 2.08. The third kappa shape index (κ3) is 3.57. The predicted molar refractivity (Wildman–Crippen MR) is 78.5 cm³/mol. The molecule has 2 aromatic heterocycles. The average molecular weight is 273 g/mol. The van der Waals surface area contributed by atoms with Gasteiger partial charge in [0.1, 0.15) is 12.0 Å². The number of hydrogen-bond acceptors (Lipinski definition) is 6. The van der Waals surface area contributed by atoms with Crippen LogP contribution in [-0.2, 0) is 6.54 Å². The number of rotatable bonds is 6. The van der Waals surface area contributed by atoms with E-state index in [1.54, 1.807) is 0 Å². The van der Waals surface area contributed by atoms with E-state index in [9.17, 15) is 0 Å². The Kier molecular flexibility index (Phi) is 4.70. The minimum absolute atomic E-state index is 0.423. The molecule has 0 bridgehead atoms. The summed E-state index contributed by atoms with van der Waals surface area (Å²) in [6.07, 6.45) is 4.17. The first-order valence-electron chi connectivity index (χ1n) is 6.59. The summed E-state index contributed by atoms with van der Waals surface area (Å²) < 4.78 is 5.47. The zero-order chi connectivity index (χ0) is 14.4. The van der Waals surface area contributed by atoms with Crippen molar-refractivity contribution < 1.29 is 4.74 Å². The molecule has 6 nitrogen and oxygen atoms in total. The number of hydrogen-bond donors (Lipinski definition) is 2. The smallest absolute Gasteiger partial charge is 0.242 e. The Morgan fingerprint density at radius 1 is 1.25 bits per heavy atom. The van der Waals surface area contributed by atoms with Gasteiger partial charge in [0.2, 0.25) is 5.88 Å². The average Bonchev–Trinajstić information content (AvgIpc) is 2.47. The van der Waals surface area contributed by atoms with Gasteiger partial charge < -0.3 is 15.8 Å². The van der Waals surface area contributed by atoms with Gasteiger partial charge in [0.05, 0.1) is 6.61 Å². The highest BCUT2D eigenvalue weighted by molar-refractivity contribution is 5.66. The molecule has 0 aromatic carbocycles. The zero-order valence-corrected chi connectivity index (χ0v) is 11.8. The topological polar surface area (TPSA) is 86.0 Å². The maximum absolute atomic E-state index is 5.98. The fourth-order valence-electron chi connectivity index (χ4n) is 1.62. The van der Waals surface area contributed by atoms with Gasteiger partial charge in [-0.15, -0.1) is 0 Å². The van der Waals surface area contributed by atoms with Crippen molar-refractivity contribution in [3.63, 3.8) is 0 Å². The minimum Gasteiger partial charge on any atom is -0.476 e. The largest absolute Gasteiger partial charge is 0.476 e. The van der Waals surface area contributed by atoms with Crippen molar-refractivity contribution in [2.45, 2.75) is 26.8 Å². The van der Waals surface area contributed by atoms with Crippen LogP contribution in [0, 0.1) is 6.92 Å². The molecule has 0 radical (unpaired) electrons. The number of anilines is 2. The Hall–Kier alpha value is -2.37. The van der Waals surface area contributed by atoms with Crippen LogP contribution in [0.15, 0.2) is 24.7 Å². The van der Waals surface area contributed by atoms with Crippen molar-refractivity contribution in [3.8, 4) is 5.88 Å². The molecule has 0 unspecified atom stereocenters. The van der Waals surface area contributed by atoms with Gasteiger partial charge in [-0.05, 0) is 25.0 Å². The van der Waals surface area contributed by atoms with Crippen LogP contribution in [0.25, 0.3) is 0 Å². The van der Waals surface area contributed by atoms with Crippen molar-refractivity contribution in [3.05, 3.63) is 35.9 Å². The van der Waals surface area contributed by atoms with E-state index in [4.69, 9.17) is 10.5 Å². The number of aromatic nitrogens is 3. The van der Waals surface area contributed by atoms with Crippen LogP contribution < -0.4 is 15.8 Å². The number of nitrogens with one attached hydrogen (secondary N) is 1. The molecule has 2 aromatic rings. The lowest BCUT2D eigenvalue weighted by Crippen LogP contribution is -2.08. The van der Waals surface area contributed by atoms with Gasteiger partial charge in [0, 0.05) is 18.4 Å². The molecule has 3 N–H and O–H groups in total. The van der Waals surface area contributed by atoms with Crippen LogP contribution in [0.2, 0.25) is 0 Å². The molecule has 2 rings (SSSR count). The lowest BCUT2D eigenvalue weighted by atomic mass is 10.2. The van der Waals surface area contributed by atoms with E-state index in [0.717, 1.165) is 17.7 Å². The summed E-state index contributed by atoms with van der Waals surface area (Å²) in [4.78, 5) is 12.4. The molecule has 0 fully saturated rings. The fraction of sp³-hybridized carbons (Fsp3) is 0.357. The Morgan fingerprint density at radius 2 is 2.10 bits per heavy atom. The van der Waals surface area contributed by atoms with Crippen molar-refractivity contribution >= 4 is 11.5 Å². The lowest BCUT2D eigenvalue weighted by molar-refractivity contribution is 0.306. The summed E-state index contributed by atoms with van der Waals surface area (Å²) in [5.41, 5.74) is 8.47. The van der Waals surface area contributed by atoms with Gasteiger partial charge in [-0.2, -0.15) is 4.98 Å². The molecule has 20 heavy (non-hydrogen) atoms. The molecule has 0 saturated carbocycles. The first kappa shape index (κ1) is 14.0. The van der Waals surface area contributed by atoms with Crippen LogP contribution in [0.3, 0.4) is 0 Å². The van der Waals surface area contributed by atoms with Gasteiger partial charge in [-0.1, -0.05) is 13.0 Å². The second-order valence-corrected chi connectivity index (χ2v) is 4.45. The van der Waals surface area contributed by atoms with Crippen molar-refractivity contribution in [1.82, 2.24) is 15.0 Å². The minimum atomic E-state index is 0.423. The fourth-order valence-corrected chi connectivity index (χ4v) is 1.62. The normalized spacial score (nSPS) is 10.3. The Labute approximate surface area is 118 Å². The lowest BCUT2D eigenvalue weighted by Gasteiger charge is -2.11. The summed E-state index contributed by atoms with van der Waals surface area (Å²) in [7, 11) is 0. The Bertz CT molecular complexity index is 556. The third-order valence-electron chi connectivity index (χ3n) is 2.72. The number of ether oxygens (including phenoxy) is 1. The standard InChI is InChI=1S/C14H19N5O/c1-3-6-20-14-12(15)13(18-9-19-14)17-8-11-5-4-10(2)16-7-11/h4-5,7,9H,3,6,8,15H2,1-2H3,(H,17,18,19). The van der Waals surface area contributed by atoms with E-state index < -0.39 is 0 Å². The van der Waals surface area contributed by atoms with Gasteiger partial charge in [0.15, 0.2) is 5.82 Å². The molecule has 0 atom stereocenters. The molecule has 6 heteroatoms. The van der Waals surface area contributed by atoms with Crippen LogP contribution in [0.4, 0.5) is 11.5 Å². The van der Waals surface area contributed by atoms with E-state index in [0.29, 0.717) is 30.5 Å². The molecule has 0 aliphatic carbocycles. The number of pyridine rings is 1. The molecule has 0 aliphatic heterocycles. The SMILES string of the molecule is CCCOc1ncnc(NCc2ccc(C)nc2)c1N. The molecular weight excluding hydrogens is 254 g/mol. The van der Waals surface area contributed by atoms with E-state index in [-0.39, 0.29) is 0 Å². The van der Waals surface area contributed by atoms with Crippen LogP contribution in [0.5, 0.6) is 5.88 Å².